The van der Waals surface area contributed by atoms with E-state index in [9.17, 15) is 5.11 Å². The van der Waals surface area contributed by atoms with Gasteiger partial charge in [-0.05, 0) is 62.1 Å². The zero-order valence-electron chi connectivity index (χ0n) is 18.4. The lowest BCUT2D eigenvalue weighted by Gasteiger charge is -2.35. The molecule has 0 heterocycles. The van der Waals surface area contributed by atoms with Gasteiger partial charge in [0.05, 0.1) is 14.2 Å². The number of aliphatic hydroxyl groups excluding tert-OH is 1. The Morgan fingerprint density at radius 3 is 2.52 bits per heavy atom. The molecule has 0 amide bonds. The summed E-state index contributed by atoms with van der Waals surface area (Å²) >= 11 is 0. The molecule has 0 bridgehead atoms. The van der Waals surface area contributed by atoms with Crippen LogP contribution in [0.15, 0.2) is 23.2 Å². The highest BCUT2D eigenvalue weighted by molar-refractivity contribution is 5.79. The van der Waals surface area contributed by atoms with Crippen molar-refractivity contribution >= 4 is 5.96 Å². The van der Waals surface area contributed by atoms with Gasteiger partial charge in [-0.1, -0.05) is 25.3 Å². The average Bonchev–Trinajstić information content (AvgIpc) is 2.75. The number of rotatable bonds is 11. The standard InChI is InChI=1S/C23H39N3O3/c1-4-24-22(26-18-23(14-16-27)12-6-5-7-13-23)25-15-8-9-19-10-11-20(28-2)21(17-19)29-3/h10-11,17,27H,4-9,12-16,18H2,1-3H3,(H2,24,25,26). The molecule has 1 aromatic rings. The second-order valence-corrected chi connectivity index (χ2v) is 7.95. The first-order valence-electron chi connectivity index (χ1n) is 11.0. The van der Waals surface area contributed by atoms with Crippen LogP contribution < -0.4 is 20.1 Å². The van der Waals surface area contributed by atoms with Crippen LogP contribution in [0.25, 0.3) is 0 Å². The van der Waals surface area contributed by atoms with Gasteiger partial charge >= 0.3 is 0 Å². The molecule has 164 valence electrons. The Labute approximate surface area is 176 Å². The molecule has 1 saturated carbocycles. The molecule has 2 rings (SSSR count). The first-order valence-corrected chi connectivity index (χ1v) is 11.0. The molecule has 1 aliphatic rings. The summed E-state index contributed by atoms with van der Waals surface area (Å²) in [7, 11) is 3.32. The smallest absolute Gasteiger partial charge is 0.191 e. The van der Waals surface area contributed by atoms with Gasteiger partial charge in [0.15, 0.2) is 17.5 Å². The molecule has 0 aliphatic heterocycles. The molecule has 6 nitrogen and oxygen atoms in total. The summed E-state index contributed by atoms with van der Waals surface area (Å²) in [6, 6.07) is 6.08. The summed E-state index contributed by atoms with van der Waals surface area (Å²) in [5, 5.41) is 16.3. The van der Waals surface area contributed by atoms with Gasteiger partial charge in [-0.15, -0.1) is 0 Å². The van der Waals surface area contributed by atoms with Gasteiger partial charge in [0.1, 0.15) is 0 Å². The van der Waals surface area contributed by atoms with E-state index in [4.69, 9.17) is 14.5 Å². The Bertz CT molecular complexity index is 622. The first-order chi connectivity index (χ1) is 14.2. The van der Waals surface area contributed by atoms with Gasteiger partial charge in [0, 0.05) is 26.2 Å². The van der Waals surface area contributed by atoms with Gasteiger partial charge < -0.3 is 25.2 Å². The summed E-state index contributed by atoms with van der Waals surface area (Å²) in [6.07, 6.45) is 8.99. The van der Waals surface area contributed by atoms with Crippen LogP contribution >= 0.6 is 0 Å². The van der Waals surface area contributed by atoms with E-state index in [0.29, 0.717) is 0 Å². The lowest BCUT2D eigenvalue weighted by Crippen LogP contribution is -2.39. The minimum absolute atomic E-state index is 0.176. The summed E-state index contributed by atoms with van der Waals surface area (Å²) in [5.74, 6) is 2.41. The van der Waals surface area contributed by atoms with Crippen molar-refractivity contribution in [2.24, 2.45) is 10.4 Å². The summed E-state index contributed by atoms with van der Waals surface area (Å²) in [6.45, 7) is 4.83. The van der Waals surface area contributed by atoms with E-state index in [-0.39, 0.29) is 12.0 Å². The summed E-state index contributed by atoms with van der Waals surface area (Å²) < 4.78 is 10.7. The third-order valence-corrected chi connectivity index (χ3v) is 5.86. The minimum atomic E-state index is 0.176. The molecule has 1 fully saturated rings. The van der Waals surface area contributed by atoms with Crippen molar-refractivity contribution in [2.45, 2.75) is 58.3 Å². The minimum Gasteiger partial charge on any atom is -0.493 e. The van der Waals surface area contributed by atoms with E-state index >= 15 is 0 Å². The lowest BCUT2D eigenvalue weighted by atomic mass is 9.72. The zero-order chi connectivity index (χ0) is 21.0. The number of aryl methyl sites for hydroxylation is 1. The van der Waals surface area contributed by atoms with Crippen molar-refractivity contribution in [2.75, 3.05) is 40.5 Å². The number of aliphatic imine (C=N–C) groups is 1. The average molecular weight is 406 g/mol. The van der Waals surface area contributed by atoms with Crippen LogP contribution in [0, 0.1) is 5.41 Å². The van der Waals surface area contributed by atoms with Gasteiger partial charge in [0.25, 0.3) is 0 Å². The number of hydrogen-bond donors (Lipinski definition) is 3. The molecular weight excluding hydrogens is 366 g/mol. The summed E-state index contributed by atoms with van der Waals surface area (Å²) in [5.41, 5.74) is 1.41. The van der Waals surface area contributed by atoms with Gasteiger partial charge in [-0.3, -0.25) is 4.99 Å². The number of aliphatic hydroxyl groups is 1. The molecule has 29 heavy (non-hydrogen) atoms. The molecule has 0 atom stereocenters. The SMILES string of the molecule is CCNC(=NCC1(CCO)CCCCC1)NCCCc1ccc(OC)c(OC)c1. The second kappa shape index (κ2) is 12.6. The van der Waals surface area contributed by atoms with Crippen molar-refractivity contribution in [1.82, 2.24) is 10.6 Å². The van der Waals surface area contributed by atoms with Crippen LogP contribution in [-0.4, -0.2) is 51.5 Å². The lowest BCUT2D eigenvalue weighted by molar-refractivity contribution is 0.137. The second-order valence-electron chi connectivity index (χ2n) is 7.95. The molecule has 1 aliphatic carbocycles. The van der Waals surface area contributed by atoms with E-state index in [1.165, 1.54) is 37.7 Å². The molecule has 6 heteroatoms. The molecule has 0 spiro atoms. The number of benzene rings is 1. The number of guanidine groups is 1. The van der Waals surface area contributed by atoms with Crippen molar-refractivity contribution < 1.29 is 14.6 Å². The van der Waals surface area contributed by atoms with E-state index in [1.807, 2.05) is 12.1 Å². The van der Waals surface area contributed by atoms with Crippen LogP contribution in [0.1, 0.15) is 57.4 Å². The molecule has 3 N–H and O–H groups in total. The third-order valence-electron chi connectivity index (χ3n) is 5.86. The highest BCUT2D eigenvalue weighted by Gasteiger charge is 2.31. The van der Waals surface area contributed by atoms with Gasteiger partial charge in [-0.2, -0.15) is 0 Å². The maximum Gasteiger partial charge on any atom is 0.191 e. The molecular formula is C23H39N3O3. The topological polar surface area (TPSA) is 75.1 Å². The van der Waals surface area contributed by atoms with E-state index < -0.39 is 0 Å². The predicted octanol–water partition coefficient (Wildman–Crippen LogP) is 3.52. The van der Waals surface area contributed by atoms with E-state index in [1.54, 1.807) is 14.2 Å². The molecule has 0 aromatic heterocycles. The van der Waals surface area contributed by atoms with Crippen molar-refractivity contribution in [1.29, 1.82) is 0 Å². The van der Waals surface area contributed by atoms with Crippen LogP contribution in [0.4, 0.5) is 0 Å². The molecule has 0 radical (unpaired) electrons. The molecule has 0 saturated heterocycles. The highest BCUT2D eigenvalue weighted by atomic mass is 16.5. The Hall–Kier alpha value is -1.95. The van der Waals surface area contributed by atoms with Crippen LogP contribution in [0.3, 0.4) is 0 Å². The van der Waals surface area contributed by atoms with Crippen LogP contribution in [0.2, 0.25) is 0 Å². The maximum absolute atomic E-state index is 9.51. The Balaban J connectivity index is 1.86. The van der Waals surface area contributed by atoms with Crippen molar-refractivity contribution in [3.8, 4) is 11.5 Å². The predicted molar refractivity (Wildman–Crippen MR) is 119 cm³/mol. The normalized spacial score (nSPS) is 16.3. The van der Waals surface area contributed by atoms with Crippen molar-refractivity contribution in [3.05, 3.63) is 23.8 Å². The quantitative estimate of drug-likeness (QED) is 0.298. The van der Waals surface area contributed by atoms with Crippen molar-refractivity contribution in [3.63, 3.8) is 0 Å². The first kappa shape index (κ1) is 23.3. The number of nitrogens with zero attached hydrogens (tertiary/aromatic N) is 1. The number of ether oxygens (including phenoxy) is 2. The summed E-state index contributed by atoms with van der Waals surface area (Å²) in [4.78, 5) is 4.87. The fraction of sp³-hybridized carbons (Fsp3) is 0.696. The fourth-order valence-electron chi connectivity index (χ4n) is 4.15. The van der Waals surface area contributed by atoms with E-state index in [0.717, 1.165) is 56.4 Å². The number of nitrogens with one attached hydrogen (secondary N) is 2. The fourth-order valence-corrected chi connectivity index (χ4v) is 4.15. The Kier molecular flexibility index (Phi) is 10.1. The monoisotopic (exact) mass is 405 g/mol. The third kappa shape index (κ3) is 7.42. The Morgan fingerprint density at radius 2 is 1.86 bits per heavy atom. The number of methoxy groups -OCH3 is 2. The Morgan fingerprint density at radius 1 is 1.10 bits per heavy atom. The van der Waals surface area contributed by atoms with E-state index in [2.05, 4.69) is 23.6 Å². The number of hydrogen-bond acceptors (Lipinski definition) is 4. The molecule has 0 unspecified atom stereocenters. The van der Waals surface area contributed by atoms with Gasteiger partial charge in [-0.25, -0.2) is 0 Å². The molecule has 1 aromatic carbocycles. The van der Waals surface area contributed by atoms with Crippen LogP contribution in [-0.2, 0) is 6.42 Å². The maximum atomic E-state index is 9.51. The zero-order valence-corrected chi connectivity index (χ0v) is 18.4. The van der Waals surface area contributed by atoms with Gasteiger partial charge in [0.2, 0.25) is 0 Å². The highest BCUT2D eigenvalue weighted by Crippen LogP contribution is 2.39. The van der Waals surface area contributed by atoms with Crippen LogP contribution in [0.5, 0.6) is 11.5 Å². The largest absolute Gasteiger partial charge is 0.493 e.